The zero-order valence-electron chi connectivity index (χ0n) is 12.2. The zero-order valence-corrected chi connectivity index (χ0v) is 14.6. The molecular weight excluding hydrogens is 344 g/mol. The first-order valence-corrected chi connectivity index (χ1v) is 8.82. The normalized spacial score (nSPS) is 14.1. The summed E-state index contributed by atoms with van der Waals surface area (Å²) in [5.74, 6) is 0.457. The Morgan fingerprint density at radius 2 is 1.95 bits per heavy atom. The number of hydrogen-bond donors (Lipinski definition) is 1. The maximum absolute atomic E-state index is 12.0. The average Bonchev–Trinajstić information content (AvgIpc) is 2.29. The number of aliphatic hydroxyl groups is 1. The van der Waals surface area contributed by atoms with E-state index in [4.69, 9.17) is 4.74 Å². The van der Waals surface area contributed by atoms with Crippen LogP contribution in [0.25, 0.3) is 0 Å². The van der Waals surface area contributed by atoms with Crippen LogP contribution in [0.3, 0.4) is 0 Å². The Labute approximate surface area is 129 Å². The minimum absolute atomic E-state index is 0.0498. The van der Waals surface area contributed by atoms with Gasteiger partial charge in [0.2, 0.25) is 0 Å². The number of benzene rings is 1. The highest BCUT2D eigenvalue weighted by molar-refractivity contribution is 9.10. The molecule has 1 atom stereocenters. The molecule has 0 saturated carbocycles. The van der Waals surface area contributed by atoms with E-state index in [0.717, 1.165) is 4.47 Å². The van der Waals surface area contributed by atoms with Crippen molar-refractivity contribution in [2.75, 3.05) is 12.4 Å². The van der Waals surface area contributed by atoms with Gasteiger partial charge in [-0.05, 0) is 45.9 Å². The third-order valence-corrected chi connectivity index (χ3v) is 6.03. The number of ether oxygens (including phenoxy) is 1. The second kappa shape index (κ2) is 6.45. The molecule has 0 heterocycles. The first-order valence-electron chi connectivity index (χ1n) is 6.37. The monoisotopic (exact) mass is 364 g/mol. The molecule has 4 nitrogen and oxygen atoms in total. The second-order valence-corrected chi connectivity index (χ2v) is 9.42. The van der Waals surface area contributed by atoms with E-state index < -0.39 is 20.7 Å². The molecule has 1 aromatic rings. The lowest BCUT2D eigenvalue weighted by atomic mass is 10.1. The van der Waals surface area contributed by atoms with Crippen molar-refractivity contribution in [2.45, 2.75) is 38.5 Å². The van der Waals surface area contributed by atoms with Gasteiger partial charge in [0, 0.05) is 10.0 Å². The van der Waals surface area contributed by atoms with Crippen LogP contribution in [-0.2, 0) is 9.84 Å². The molecule has 6 heteroatoms. The molecule has 0 aliphatic heterocycles. The van der Waals surface area contributed by atoms with Crippen molar-refractivity contribution in [1.82, 2.24) is 0 Å². The van der Waals surface area contributed by atoms with Gasteiger partial charge in [-0.1, -0.05) is 15.9 Å². The Morgan fingerprint density at radius 3 is 2.45 bits per heavy atom. The Balaban J connectivity index is 2.77. The Morgan fingerprint density at radius 1 is 1.35 bits per heavy atom. The molecule has 0 saturated heterocycles. The van der Waals surface area contributed by atoms with Gasteiger partial charge in [-0.3, -0.25) is 0 Å². The van der Waals surface area contributed by atoms with Crippen molar-refractivity contribution >= 4 is 25.8 Å². The van der Waals surface area contributed by atoms with Gasteiger partial charge in [0.05, 0.1) is 16.6 Å². The summed E-state index contributed by atoms with van der Waals surface area (Å²) in [6.45, 7) is 6.72. The molecule has 1 rings (SSSR count). The van der Waals surface area contributed by atoms with Crippen LogP contribution < -0.4 is 4.74 Å². The number of halogens is 1. The summed E-state index contributed by atoms with van der Waals surface area (Å²) in [6.07, 6.45) is -0.679. The summed E-state index contributed by atoms with van der Waals surface area (Å²) in [7, 11) is -3.21. The van der Waals surface area contributed by atoms with Crippen LogP contribution in [0.2, 0.25) is 0 Å². The lowest BCUT2D eigenvalue weighted by Crippen LogP contribution is -2.32. The van der Waals surface area contributed by atoms with Crippen molar-refractivity contribution in [2.24, 2.45) is 0 Å². The van der Waals surface area contributed by atoms with Crippen LogP contribution in [0, 0.1) is 0 Å². The predicted octanol–water partition coefficient (Wildman–Crippen LogP) is 3.09. The summed E-state index contributed by atoms with van der Waals surface area (Å²) in [4.78, 5) is 0. The first-order chi connectivity index (χ1) is 9.04. The third kappa shape index (κ3) is 4.46. The van der Waals surface area contributed by atoms with Gasteiger partial charge in [-0.25, -0.2) is 8.42 Å². The minimum Gasteiger partial charge on any atom is -0.492 e. The van der Waals surface area contributed by atoms with Gasteiger partial charge < -0.3 is 9.84 Å². The molecular formula is C14H21BrO4S. The van der Waals surface area contributed by atoms with Crippen molar-refractivity contribution in [3.05, 3.63) is 28.2 Å². The maximum atomic E-state index is 12.0. The topological polar surface area (TPSA) is 63.6 Å². The fourth-order valence-electron chi connectivity index (χ4n) is 1.54. The van der Waals surface area contributed by atoms with E-state index in [9.17, 15) is 13.5 Å². The van der Waals surface area contributed by atoms with Crippen LogP contribution in [0.5, 0.6) is 5.75 Å². The van der Waals surface area contributed by atoms with Crippen LogP contribution >= 0.6 is 15.9 Å². The van der Waals surface area contributed by atoms with E-state index in [1.165, 1.54) is 0 Å². The third-order valence-electron chi connectivity index (χ3n) is 2.96. The molecule has 20 heavy (non-hydrogen) atoms. The quantitative estimate of drug-likeness (QED) is 0.871. The highest BCUT2D eigenvalue weighted by Crippen LogP contribution is 2.28. The first kappa shape index (κ1) is 17.5. The standard InChI is InChI=1S/C14H21BrO4S/c1-10(16)12-9-11(15)5-6-13(12)19-7-8-20(17,18)14(2,3)4/h5-6,9-10,16H,7-8H2,1-4H3/t10-/m0/s1. The van der Waals surface area contributed by atoms with E-state index in [0.29, 0.717) is 11.3 Å². The molecule has 0 unspecified atom stereocenters. The molecule has 0 amide bonds. The molecule has 1 N–H and O–H groups in total. The molecule has 0 aliphatic rings. The van der Waals surface area contributed by atoms with Gasteiger partial charge in [0.25, 0.3) is 0 Å². The Bertz CT molecular complexity index is 559. The summed E-state index contributed by atoms with van der Waals surface area (Å²) in [5.41, 5.74) is 0.632. The highest BCUT2D eigenvalue weighted by atomic mass is 79.9. The zero-order chi connectivity index (χ0) is 15.6. The molecule has 1 aromatic carbocycles. The van der Waals surface area contributed by atoms with Crippen LogP contribution in [-0.4, -0.2) is 30.6 Å². The maximum Gasteiger partial charge on any atom is 0.158 e. The second-order valence-electron chi connectivity index (χ2n) is 5.64. The van der Waals surface area contributed by atoms with Crippen molar-refractivity contribution in [1.29, 1.82) is 0 Å². The lowest BCUT2D eigenvalue weighted by molar-refractivity contribution is 0.192. The van der Waals surface area contributed by atoms with Crippen molar-refractivity contribution in [3.8, 4) is 5.75 Å². The fourth-order valence-corrected chi connectivity index (χ4v) is 2.84. The van der Waals surface area contributed by atoms with Crippen LogP contribution in [0.1, 0.15) is 39.4 Å². The largest absolute Gasteiger partial charge is 0.492 e. The van der Waals surface area contributed by atoms with Gasteiger partial charge in [0.15, 0.2) is 9.84 Å². The number of rotatable bonds is 5. The van der Waals surface area contributed by atoms with E-state index in [2.05, 4.69) is 15.9 Å². The van der Waals surface area contributed by atoms with Gasteiger partial charge in [-0.2, -0.15) is 0 Å². The van der Waals surface area contributed by atoms with E-state index in [-0.39, 0.29) is 12.4 Å². The molecule has 0 bridgehead atoms. The van der Waals surface area contributed by atoms with Crippen molar-refractivity contribution in [3.63, 3.8) is 0 Å². The average molecular weight is 365 g/mol. The summed E-state index contributed by atoms with van der Waals surface area (Å²) in [6, 6.07) is 5.27. The summed E-state index contributed by atoms with van der Waals surface area (Å²) < 4.78 is 29.5. The Hall–Kier alpha value is -0.590. The minimum atomic E-state index is -3.21. The smallest absolute Gasteiger partial charge is 0.158 e. The molecule has 114 valence electrons. The summed E-state index contributed by atoms with van der Waals surface area (Å²) in [5, 5.41) is 9.70. The molecule has 0 spiro atoms. The van der Waals surface area contributed by atoms with E-state index in [1.54, 1.807) is 45.9 Å². The van der Waals surface area contributed by atoms with E-state index in [1.807, 2.05) is 0 Å². The summed E-state index contributed by atoms with van der Waals surface area (Å²) >= 11 is 3.33. The molecule has 0 aromatic heterocycles. The van der Waals surface area contributed by atoms with Crippen LogP contribution in [0.15, 0.2) is 22.7 Å². The Kier molecular flexibility index (Phi) is 5.63. The van der Waals surface area contributed by atoms with Gasteiger partial charge in [-0.15, -0.1) is 0 Å². The van der Waals surface area contributed by atoms with Crippen molar-refractivity contribution < 1.29 is 18.3 Å². The fraction of sp³-hybridized carbons (Fsp3) is 0.571. The molecule has 0 radical (unpaired) electrons. The van der Waals surface area contributed by atoms with Gasteiger partial charge in [0.1, 0.15) is 12.4 Å². The number of sulfone groups is 1. The molecule has 0 aliphatic carbocycles. The van der Waals surface area contributed by atoms with Crippen LogP contribution in [0.4, 0.5) is 0 Å². The predicted molar refractivity (Wildman–Crippen MR) is 83.8 cm³/mol. The van der Waals surface area contributed by atoms with E-state index >= 15 is 0 Å². The molecule has 0 fully saturated rings. The number of aliphatic hydroxyl groups excluding tert-OH is 1. The van der Waals surface area contributed by atoms with Gasteiger partial charge >= 0.3 is 0 Å². The highest BCUT2D eigenvalue weighted by Gasteiger charge is 2.28. The SMILES string of the molecule is C[C@H](O)c1cc(Br)ccc1OCCS(=O)(=O)C(C)(C)C. The lowest BCUT2D eigenvalue weighted by Gasteiger charge is -2.20. The number of hydrogen-bond acceptors (Lipinski definition) is 4.